The second kappa shape index (κ2) is 5.74. The summed E-state index contributed by atoms with van der Waals surface area (Å²) in [6, 6.07) is 17.9. The van der Waals surface area contributed by atoms with E-state index in [1.807, 2.05) is 60.9 Å². The highest BCUT2D eigenvalue weighted by Gasteiger charge is 2.25. The smallest absolute Gasteiger partial charge is 0.261 e. The minimum absolute atomic E-state index is 0.00317. The minimum atomic E-state index is -1.60. The highest BCUT2D eigenvalue weighted by molar-refractivity contribution is 6.90. The van der Waals surface area contributed by atoms with Crippen molar-refractivity contribution in [3.8, 4) is 0 Å². The van der Waals surface area contributed by atoms with Crippen molar-refractivity contribution in [1.82, 2.24) is 4.57 Å². The van der Waals surface area contributed by atoms with Gasteiger partial charge in [0.25, 0.3) is 5.56 Å². The van der Waals surface area contributed by atoms with E-state index in [9.17, 15) is 4.79 Å². The molecule has 0 aliphatic heterocycles. The maximum absolute atomic E-state index is 13.1. The Labute approximate surface area is 147 Å². The molecule has 2 aromatic heterocycles. The summed E-state index contributed by atoms with van der Waals surface area (Å²) in [5, 5.41) is 4.12. The van der Waals surface area contributed by atoms with E-state index in [0.29, 0.717) is 12.3 Å². The van der Waals surface area contributed by atoms with E-state index < -0.39 is 8.07 Å². The summed E-state index contributed by atoms with van der Waals surface area (Å²) in [5.41, 5.74) is 1.78. The van der Waals surface area contributed by atoms with Crippen molar-refractivity contribution >= 4 is 35.1 Å². The average molecular weight is 347 g/mol. The number of nitrogens with zero attached hydrogens (tertiary/aromatic N) is 1. The van der Waals surface area contributed by atoms with Gasteiger partial charge in [-0.1, -0.05) is 68.2 Å². The molecule has 126 valence electrons. The Morgan fingerprint density at radius 2 is 1.56 bits per heavy atom. The number of rotatable bonds is 3. The summed E-state index contributed by atoms with van der Waals surface area (Å²) in [5.74, 6) is 0. The summed E-state index contributed by atoms with van der Waals surface area (Å²) >= 11 is 0. The second-order valence-corrected chi connectivity index (χ2v) is 12.5. The number of furan rings is 1. The van der Waals surface area contributed by atoms with E-state index in [4.69, 9.17) is 4.42 Å². The monoisotopic (exact) mass is 347 g/mol. The zero-order valence-corrected chi connectivity index (χ0v) is 15.7. The van der Waals surface area contributed by atoms with Crippen LogP contribution in [-0.4, -0.2) is 12.6 Å². The summed E-state index contributed by atoms with van der Waals surface area (Å²) in [7, 11) is -1.60. The van der Waals surface area contributed by atoms with Gasteiger partial charge >= 0.3 is 0 Å². The Morgan fingerprint density at radius 1 is 0.920 bits per heavy atom. The number of aromatic nitrogens is 1. The summed E-state index contributed by atoms with van der Waals surface area (Å²) in [6.07, 6.45) is 1.87. The van der Waals surface area contributed by atoms with Gasteiger partial charge in [-0.05, 0) is 22.2 Å². The SMILES string of the molecule is C[Si](C)(C)c1coc2c1c1ccccc1c(=O)n2Cc1ccccc1. The molecule has 0 aliphatic carbocycles. The van der Waals surface area contributed by atoms with E-state index in [1.54, 1.807) is 4.57 Å². The van der Waals surface area contributed by atoms with Crippen molar-refractivity contribution < 1.29 is 4.42 Å². The number of benzene rings is 2. The van der Waals surface area contributed by atoms with Crippen LogP contribution in [0.1, 0.15) is 5.56 Å². The molecule has 0 N–H and O–H groups in total. The summed E-state index contributed by atoms with van der Waals surface area (Å²) in [6.45, 7) is 7.43. The average Bonchev–Trinajstić information content (AvgIpc) is 3.05. The summed E-state index contributed by atoms with van der Waals surface area (Å²) in [4.78, 5) is 13.1. The normalized spacial score (nSPS) is 12.1. The maximum atomic E-state index is 13.1. The van der Waals surface area contributed by atoms with Crippen LogP contribution in [0.15, 0.2) is 70.1 Å². The molecular weight excluding hydrogens is 326 g/mol. The molecule has 3 nitrogen and oxygen atoms in total. The lowest BCUT2D eigenvalue weighted by atomic mass is 10.1. The second-order valence-electron chi connectivity index (χ2n) is 7.50. The van der Waals surface area contributed by atoms with E-state index in [2.05, 4.69) is 19.6 Å². The molecule has 0 spiro atoms. The molecule has 25 heavy (non-hydrogen) atoms. The molecule has 0 radical (unpaired) electrons. The van der Waals surface area contributed by atoms with Crippen molar-refractivity contribution in [3.63, 3.8) is 0 Å². The first-order valence-corrected chi connectivity index (χ1v) is 12.0. The Bertz CT molecular complexity index is 1120. The van der Waals surface area contributed by atoms with E-state index >= 15 is 0 Å². The largest absolute Gasteiger partial charge is 0.448 e. The van der Waals surface area contributed by atoms with E-state index in [0.717, 1.165) is 21.7 Å². The molecule has 0 atom stereocenters. The molecule has 0 saturated carbocycles. The third-order valence-corrected chi connectivity index (χ3v) is 6.66. The van der Waals surface area contributed by atoms with Gasteiger partial charge in [0.15, 0.2) is 0 Å². The van der Waals surface area contributed by atoms with Gasteiger partial charge in [-0.2, -0.15) is 0 Å². The first-order chi connectivity index (χ1) is 12.0. The van der Waals surface area contributed by atoms with Crippen molar-refractivity contribution in [2.75, 3.05) is 0 Å². The lowest BCUT2D eigenvalue weighted by Crippen LogP contribution is -2.37. The molecule has 0 fully saturated rings. The molecule has 2 aromatic carbocycles. The van der Waals surface area contributed by atoms with Crippen LogP contribution >= 0.6 is 0 Å². The number of pyridine rings is 1. The van der Waals surface area contributed by atoms with Gasteiger partial charge in [-0.15, -0.1) is 0 Å². The van der Waals surface area contributed by atoms with Crippen LogP contribution in [0, 0.1) is 0 Å². The topological polar surface area (TPSA) is 35.1 Å². The van der Waals surface area contributed by atoms with E-state index in [1.165, 1.54) is 5.19 Å². The Morgan fingerprint density at radius 3 is 2.24 bits per heavy atom. The van der Waals surface area contributed by atoms with Crippen LogP contribution in [0.5, 0.6) is 0 Å². The number of hydrogen-bond donors (Lipinski definition) is 0. The molecule has 4 heteroatoms. The fourth-order valence-corrected chi connectivity index (χ4v) is 4.80. The Kier molecular flexibility index (Phi) is 3.65. The van der Waals surface area contributed by atoms with Gasteiger partial charge < -0.3 is 4.42 Å². The van der Waals surface area contributed by atoms with E-state index in [-0.39, 0.29) is 5.56 Å². The quantitative estimate of drug-likeness (QED) is 0.517. The van der Waals surface area contributed by atoms with Crippen LogP contribution in [-0.2, 0) is 6.54 Å². The summed E-state index contributed by atoms with van der Waals surface area (Å²) < 4.78 is 7.74. The Balaban J connectivity index is 2.10. The zero-order chi connectivity index (χ0) is 17.6. The highest BCUT2D eigenvalue weighted by atomic mass is 28.3. The van der Waals surface area contributed by atoms with Crippen LogP contribution in [0.2, 0.25) is 19.6 Å². The molecule has 0 aliphatic rings. The molecule has 0 saturated heterocycles. The van der Waals surface area contributed by atoms with Gasteiger partial charge in [0.1, 0.15) is 0 Å². The molecular formula is C21H21NO2Si. The van der Waals surface area contributed by atoms with Crippen molar-refractivity contribution in [3.05, 3.63) is 76.8 Å². The minimum Gasteiger partial charge on any atom is -0.448 e. The van der Waals surface area contributed by atoms with Gasteiger partial charge in [-0.3, -0.25) is 9.36 Å². The maximum Gasteiger partial charge on any atom is 0.261 e. The van der Waals surface area contributed by atoms with Gasteiger partial charge in [0.05, 0.1) is 20.9 Å². The molecule has 0 amide bonds. The lowest BCUT2D eigenvalue weighted by molar-refractivity contribution is 0.570. The zero-order valence-electron chi connectivity index (χ0n) is 14.7. The van der Waals surface area contributed by atoms with Gasteiger partial charge in [-0.25, -0.2) is 0 Å². The first-order valence-electron chi connectivity index (χ1n) is 8.54. The number of fused-ring (bicyclic) bond motifs is 3. The van der Waals surface area contributed by atoms with Crippen molar-refractivity contribution in [2.45, 2.75) is 26.2 Å². The third-order valence-electron chi connectivity index (χ3n) is 4.68. The molecule has 2 heterocycles. The standard InChI is InChI=1S/C21H21NO2Si/c1-25(2,3)18-14-24-21-19(18)16-11-7-8-12-17(16)20(23)22(21)13-15-9-5-4-6-10-15/h4-12,14H,13H2,1-3H3. The molecule has 4 rings (SSSR count). The van der Waals surface area contributed by atoms with Crippen LogP contribution in [0.4, 0.5) is 0 Å². The number of hydrogen-bond acceptors (Lipinski definition) is 2. The highest BCUT2D eigenvalue weighted by Crippen LogP contribution is 2.25. The lowest BCUT2D eigenvalue weighted by Gasteiger charge is -2.16. The van der Waals surface area contributed by atoms with Crippen LogP contribution < -0.4 is 10.7 Å². The molecule has 0 bridgehead atoms. The van der Waals surface area contributed by atoms with Crippen LogP contribution in [0.25, 0.3) is 21.9 Å². The predicted octanol–water partition coefficient (Wildman–Crippen LogP) is 4.34. The van der Waals surface area contributed by atoms with Gasteiger partial charge in [0.2, 0.25) is 5.71 Å². The molecule has 4 aromatic rings. The predicted molar refractivity (Wildman–Crippen MR) is 107 cm³/mol. The fraction of sp³-hybridized carbons (Fsp3) is 0.190. The Hall–Kier alpha value is -2.59. The van der Waals surface area contributed by atoms with Crippen molar-refractivity contribution in [2.24, 2.45) is 0 Å². The fourth-order valence-electron chi connectivity index (χ4n) is 3.39. The van der Waals surface area contributed by atoms with Crippen LogP contribution in [0.3, 0.4) is 0 Å². The molecule has 0 unspecified atom stereocenters. The van der Waals surface area contributed by atoms with Crippen molar-refractivity contribution in [1.29, 1.82) is 0 Å². The van der Waals surface area contributed by atoms with Gasteiger partial charge in [0, 0.05) is 10.8 Å². The third kappa shape index (κ3) is 2.63. The first kappa shape index (κ1) is 15.9.